The molecule has 3 saturated carbocycles. The van der Waals surface area contributed by atoms with Crippen molar-refractivity contribution in [3.8, 4) is 11.1 Å². The second-order valence-electron chi connectivity index (χ2n) is 18.9. The highest BCUT2D eigenvalue weighted by Crippen LogP contribution is 2.65. The molecule has 352 valence electrons. The number of aliphatic hydroxyl groups is 1. The third-order valence-electron chi connectivity index (χ3n) is 13.7. The van der Waals surface area contributed by atoms with E-state index in [2.05, 4.69) is 96.0 Å². The SMILES string of the molecule is CCCCc1ccc(-c2ccc(CNCC[C@H](NC(C)=O)C(=O)N[C@H](C(=O)N[C@@H](N)C(=O)N[C@@H](CCCCN)C(=O)N[C@@H](C)B3OC4C[C@@H]5C[C@@H](C5(C)C)[C@]4(C)O3)[C@@H](C)O)cc2)cc1. The molecular formula is C47H73BN8O8. The van der Waals surface area contributed by atoms with Crippen molar-refractivity contribution in [3.05, 3.63) is 59.7 Å². The molecule has 3 aliphatic carbocycles. The lowest BCUT2D eigenvalue weighted by Gasteiger charge is -2.64. The predicted molar refractivity (Wildman–Crippen MR) is 247 cm³/mol. The second-order valence-corrected chi connectivity index (χ2v) is 18.9. The number of hydrogen-bond acceptors (Lipinski definition) is 11. The maximum atomic E-state index is 13.7. The molecule has 1 saturated heterocycles. The van der Waals surface area contributed by atoms with Gasteiger partial charge in [0.25, 0.3) is 5.91 Å². The van der Waals surface area contributed by atoms with E-state index in [0.29, 0.717) is 44.3 Å². The molecule has 64 heavy (non-hydrogen) atoms. The van der Waals surface area contributed by atoms with Crippen LogP contribution in [0, 0.1) is 17.3 Å². The van der Waals surface area contributed by atoms with Gasteiger partial charge in [0.2, 0.25) is 23.6 Å². The predicted octanol–water partition coefficient (Wildman–Crippen LogP) is 2.33. The first-order chi connectivity index (χ1) is 30.4. The summed E-state index contributed by atoms with van der Waals surface area (Å²) in [5, 5.41) is 26.9. The number of carbonyl (C=O) groups excluding carboxylic acids is 5. The lowest BCUT2D eigenvalue weighted by molar-refractivity contribution is -0.199. The van der Waals surface area contributed by atoms with Crippen LogP contribution in [0.4, 0.5) is 0 Å². The van der Waals surface area contributed by atoms with E-state index in [-0.39, 0.29) is 24.4 Å². The lowest BCUT2D eigenvalue weighted by atomic mass is 9.43. The summed E-state index contributed by atoms with van der Waals surface area (Å²) in [5.41, 5.74) is 16.2. The fraction of sp³-hybridized carbons (Fsp3) is 0.638. The first-order valence-electron chi connectivity index (χ1n) is 23.2. The van der Waals surface area contributed by atoms with E-state index in [0.717, 1.165) is 42.4 Å². The Kier molecular flexibility index (Phi) is 17.9. The summed E-state index contributed by atoms with van der Waals surface area (Å²) >= 11 is 0. The molecule has 2 aromatic rings. The minimum atomic E-state index is -1.65. The Morgan fingerprint density at radius 1 is 0.797 bits per heavy atom. The van der Waals surface area contributed by atoms with Crippen molar-refractivity contribution in [2.24, 2.45) is 28.7 Å². The van der Waals surface area contributed by atoms with Crippen LogP contribution in [0.2, 0.25) is 0 Å². The zero-order valence-corrected chi connectivity index (χ0v) is 38.8. The van der Waals surface area contributed by atoms with Gasteiger partial charge in [-0.25, -0.2) is 0 Å². The van der Waals surface area contributed by atoms with Crippen LogP contribution in [0.3, 0.4) is 0 Å². The highest BCUT2D eigenvalue weighted by Gasteiger charge is 2.68. The Morgan fingerprint density at radius 3 is 2.02 bits per heavy atom. The summed E-state index contributed by atoms with van der Waals surface area (Å²) in [6.07, 6.45) is 3.85. The van der Waals surface area contributed by atoms with Gasteiger partial charge in [0.05, 0.1) is 23.8 Å². The highest BCUT2D eigenvalue weighted by molar-refractivity contribution is 6.47. The number of aryl methyl sites for hydroxylation is 1. The average Bonchev–Trinajstić information content (AvgIpc) is 3.63. The molecule has 2 bridgehead atoms. The van der Waals surface area contributed by atoms with E-state index in [4.69, 9.17) is 20.8 Å². The van der Waals surface area contributed by atoms with Crippen molar-refractivity contribution in [2.75, 3.05) is 13.1 Å². The number of carbonyl (C=O) groups is 5. The van der Waals surface area contributed by atoms with Crippen molar-refractivity contribution in [3.63, 3.8) is 0 Å². The van der Waals surface area contributed by atoms with E-state index < -0.39 is 78.6 Å². The largest absolute Gasteiger partial charge is 0.481 e. The number of aliphatic hydroxyl groups excluding tert-OH is 1. The topological polar surface area (TPSA) is 248 Å². The fourth-order valence-electron chi connectivity index (χ4n) is 9.55. The lowest BCUT2D eigenvalue weighted by Crippen LogP contribution is -2.65. The van der Waals surface area contributed by atoms with Crippen molar-refractivity contribution in [2.45, 2.75) is 161 Å². The molecule has 11 N–H and O–H groups in total. The Bertz CT molecular complexity index is 1900. The van der Waals surface area contributed by atoms with Gasteiger partial charge in [-0.3, -0.25) is 24.0 Å². The van der Waals surface area contributed by atoms with Gasteiger partial charge in [0.1, 0.15) is 18.1 Å². The fourth-order valence-corrected chi connectivity index (χ4v) is 9.55. The van der Waals surface area contributed by atoms with Crippen molar-refractivity contribution >= 4 is 36.7 Å². The van der Waals surface area contributed by atoms with Gasteiger partial charge in [-0.15, -0.1) is 0 Å². The first-order valence-corrected chi connectivity index (χ1v) is 23.2. The summed E-state index contributed by atoms with van der Waals surface area (Å²) in [6.45, 7) is 14.5. The Morgan fingerprint density at radius 2 is 1.42 bits per heavy atom. The number of hydrogen-bond donors (Lipinski definition) is 9. The number of benzene rings is 2. The summed E-state index contributed by atoms with van der Waals surface area (Å²) in [5.74, 6) is -3.05. The van der Waals surface area contributed by atoms with Gasteiger partial charge in [0.15, 0.2) is 6.17 Å². The van der Waals surface area contributed by atoms with Crippen LogP contribution < -0.4 is 43.4 Å². The zero-order valence-electron chi connectivity index (χ0n) is 38.8. The molecule has 17 heteroatoms. The quantitative estimate of drug-likeness (QED) is 0.0421. The van der Waals surface area contributed by atoms with E-state index >= 15 is 0 Å². The van der Waals surface area contributed by atoms with Gasteiger partial charge in [-0.2, -0.15) is 0 Å². The molecule has 2 aromatic carbocycles. The van der Waals surface area contributed by atoms with Crippen molar-refractivity contribution in [1.29, 1.82) is 0 Å². The van der Waals surface area contributed by atoms with Crippen LogP contribution in [-0.2, 0) is 46.2 Å². The van der Waals surface area contributed by atoms with Gasteiger partial charge in [-0.05, 0) is 125 Å². The van der Waals surface area contributed by atoms with Crippen molar-refractivity contribution in [1.82, 2.24) is 31.9 Å². The number of rotatable bonds is 24. The molecule has 1 heterocycles. The number of nitrogens with two attached hydrogens (primary N) is 2. The molecule has 4 fully saturated rings. The van der Waals surface area contributed by atoms with Crippen molar-refractivity contribution < 1.29 is 38.4 Å². The first kappa shape index (κ1) is 50.6. The van der Waals surface area contributed by atoms with Crippen LogP contribution in [0.25, 0.3) is 11.1 Å². The van der Waals surface area contributed by atoms with Crippen LogP contribution in [-0.4, -0.2) is 103 Å². The molecule has 0 radical (unpaired) electrons. The van der Waals surface area contributed by atoms with E-state index in [9.17, 15) is 29.1 Å². The van der Waals surface area contributed by atoms with Gasteiger partial charge in [0, 0.05) is 13.5 Å². The Balaban J connectivity index is 1.10. The molecule has 16 nitrogen and oxygen atoms in total. The monoisotopic (exact) mass is 889 g/mol. The molecule has 4 aliphatic rings. The number of nitrogens with one attached hydrogen (secondary N) is 6. The van der Waals surface area contributed by atoms with Crippen LogP contribution in [0.15, 0.2) is 48.5 Å². The van der Waals surface area contributed by atoms with Gasteiger partial charge < -0.3 is 57.8 Å². The maximum Gasteiger partial charge on any atom is 0.481 e. The Hall–Kier alpha value is -4.39. The summed E-state index contributed by atoms with van der Waals surface area (Å²) in [4.78, 5) is 66.0. The third-order valence-corrected chi connectivity index (χ3v) is 13.7. The molecule has 6 rings (SSSR count). The summed E-state index contributed by atoms with van der Waals surface area (Å²) in [7, 11) is -0.669. The summed E-state index contributed by atoms with van der Waals surface area (Å²) < 4.78 is 12.9. The zero-order chi connectivity index (χ0) is 46.8. The minimum absolute atomic E-state index is 0.0667. The minimum Gasteiger partial charge on any atom is -0.404 e. The Labute approximate surface area is 379 Å². The van der Waals surface area contributed by atoms with Crippen LogP contribution in [0.5, 0.6) is 0 Å². The molecule has 0 spiro atoms. The van der Waals surface area contributed by atoms with Gasteiger partial charge >= 0.3 is 7.12 Å². The van der Waals surface area contributed by atoms with Gasteiger partial charge in [-0.1, -0.05) is 75.7 Å². The molecule has 1 aliphatic heterocycles. The molecule has 10 atom stereocenters. The summed E-state index contributed by atoms with van der Waals surface area (Å²) in [6, 6.07) is 13.2. The molecule has 5 amide bonds. The van der Waals surface area contributed by atoms with Crippen LogP contribution >= 0.6 is 0 Å². The average molecular weight is 889 g/mol. The van der Waals surface area contributed by atoms with E-state index in [1.165, 1.54) is 25.8 Å². The number of amides is 5. The maximum absolute atomic E-state index is 13.7. The van der Waals surface area contributed by atoms with E-state index in [1.807, 2.05) is 12.1 Å². The third kappa shape index (κ3) is 12.7. The van der Waals surface area contributed by atoms with Crippen LogP contribution in [0.1, 0.15) is 111 Å². The smallest absolute Gasteiger partial charge is 0.404 e. The van der Waals surface area contributed by atoms with E-state index in [1.54, 1.807) is 6.92 Å². The number of unbranched alkanes of at least 4 members (excludes halogenated alkanes) is 2. The normalized spacial score (nSPS) is 23.5. The molecule has 0 aromatic heterocycles. The highest BCUT2D eigenvalue weighted by atomic mass is 16.7. The standard InChI is InChI=1S/C47H73BN8O8/c1-8-9-12-31-14-18-33(19-15-31)34-20-16-32(17-21-34)27-51-24-22-37(53-30(4)58)43(60)55-40(28(2)57)44(61)56-41(50)45(62)54-36(13-10-11-23-49)42(59)52-29(3)48-63-39-26-35-25-38(46(35,5)6)47(39,7)64-48/h14-21,28-29,35-41,51,57H,8-13,22-27,49-50H2,1-7H3,(H,52,59)(H,53,58)(H,54,62)(H,55,60)(H,56,61)/t28-,29+,35+,36+,37+,38+,39?,40+,41-,47+/m1/s1. The molecule has 1 unspecified atom stereocenters. The molecular weight excluding hydrogens is 815 g/mol. The second kappa shape index (κ2) is 22.7.